The van der Waals surface area contributed by atoms with Crippen molar-refractivity contribution in [3.8, 4) is 0 Å². The Morgan fingerprint density at radius 2 is 1.85 bits per heavy atom. The fourth-order valence-electron chi connectivity index (χ4n) is 2.24. The Morgan fingerprint density at radius 1 is 1.15 bits per heavy atom. The zero-order chi connectivity index (χ0) is 14.5. The molecule has 0 saturated carbocycles. The summed E-state index contributed by atoms with van der Waals surface area (Å²) in [5.41, 5.74) is 9.09. The maximum atomic E-state index is 13.7. The molecule has 1 atom stereocenters. The predicted molar refractivity (Wildman–Crippen MR) is 82.5 cm³/mol. The second kappa shape index (κ2) is 6.87. The van der Waals surface area contributed by atoms with Crippen molar-refractivity contribution in [1.29, 1.82) is 0 Å². The van der Waals surface area contributed by atoms with Gasteiger partial charge < -0.3 is 5.73 Å². The molecule has 0 fully saturated rings. The summed E-state index contributed by atoms with van der Waals surface area (Å²) >= 11 is 6.02. The van der Waals surface area contributed by atoms with Crippen molar-refractivity contribution in [2.45, 2.75) is 32.2 Å². The van der Waals surface area contributed by atoms with Crippen molar-refractivity contribution in [1.82, 2.24) is 0 Å². The highest BCUT2D eigenvalue weighted by Crippen LogP contribution is 2.24. The minimum atomic E-state index is -0.258. The van der Waals surface area contributed by atoms with Crippen molar-refractivity contribution in [2.24, 2.45) is 5.73 Å². The maximum absolute atomic E-state index is 13.7. The summed E-state index contributed by atoms with van der Waals surface area (Å²) in [5.74, 6) is -0.258. The Hall–Kier alpha value is -1.38. The molecule has 0 spiro atoms. The van der Waals surface area contributed by atoms with Crippen molar-refractivity contribution < 1.29 is 4.39 Å². The van der Waals surface area contributed by atoms with Crippen molar-refractivity contribution >= 4 is 11.6 Å². The van der Waals surface area contributed by atoms with Gasteiger partial charge >= 0.3 is 0 Å². The van der Waals surface area contributed by atoms with Gasteiger partial charge in [-0.25, -0.2) is 4.39 Å². The molecule has 2 N–H and O–H groups in total. The summed E-state index contributed by atoms with van der Waals surface area (Å²) in [6.07, 6.45) is 2.23. The summed E-state index contributed by atoms with van der Waals surface area (Å²) in [7, 11) is 0. The molecule has 2 aromatic carbocycles. The lowest BCUT2D eigenvalue weighted by Gasteiger charge is -2.13. The predicted octanol–water partition coefficient (Wildman–Crippen LogP) is 4.67. The largest absolute Gasteiger partial charge is 0.324 e. The third kappa shape index (κ3) is 3.59. The molecule has 0 aromatic heterocycles. The molecule has 3 heteroatoms. The van der Waals surface area contributed by atoms with E-state index in [0.717, 1.165) is 12.0 Å². The van der Waals surface area contributed by atoms with E-state index < -0.39 is 0 Å². The van der Waals surface area contributed by atoms with Crippen LogP contribution in [-0.2, 0) is 12.8 Å². The normalized spacial score (nSPS) is 12.4. The van der Waals surface area contributed by atoms with Gasteiger partial charge in [-0.15, -0.1) is 0 Å². The number of rotatable bonds is 5. The second-order valence-corrected chi connectivity index (χ2v) is 5.35. The molecule has 2 rings (SSSR count). The highest BCUT2D eigenvalue weighted by molar-refractivity contribution is 6.31. The van der Waals surface area contributed by atoms with E-state index in [-0.39, 0.29) is 11.9 Å². The second-order valence-electron chi connectivity index (χ2n) is 4.94. The molecule has 0 heterocycles. The molecule has 106 valence electrons. The van der Waals surface area contributed by atoms with Gasteiger partial charge in [0.2, 0.25) is 0 Å². The third-order valence-corrected chi connectivity index (χ3v) is 3.94. The summed E-state index contributed by atoms with van der Waals surface area (Å²) in [4.78, 5) is 0. The van der Waals surface area contributed by atoms with Gasteiger partial charge in [-0.05, 0) is 42.5 Å². The molecule has 0 aliphatic carbocycles. The van der Waals surface area contributed by atoms with Gasteiger partial charge in [0, 0.05) is 16.6 Å². The number of aryl methyl sites for hydroxylation is 1. The Balaban J connectivity index is 2.02. The Bertz CT molecular complexity index is 545. The summed E-state index contributed by atoms with van der Waals surface area (Å²) in [6.45, 7) is 2.12. The quantitative estimate of drug-likeness (QED) is 0.851. The first-order valence-corrected chi connectivity index (χ1v) is 7.27. The fraction of sp³-hybridized carbons (Fsp3) is 0.294. The molecule has 0 aliphatic rings. The van der Waals surface area contributed by atoms with Crippen LogP contribution in [0, 0.1) is 5.82 Å². The molecule has 0 radical (unpaired) electrons. The van der Waals surface area contributed by atoms with Crippen LogP contribution in [-0.4, -0.2) is 0 Å². The monoisotopic (exact) mass is 291 g/mol. The fourth-order valence-corrected chi connectivity index (χ4v) is 2.50. The molecule has 0 amide bonds. The van der Waals surface area contributed by atoms with Crippen LogP contribution in [0.25, 0.3) is 0 Å². The number of hydrogen-bond acceptors (Lipinski definition) is 1. The van der Waals surface area contributed by atoms with E-state index in [1.54, 1.807) is 12.1 Å². The Kier molecular flexibility index (Phi) is 5.16. The molecule has 0 saturated heterocycles. The topological polar surface area (TPSA) is 26.0 Å². The van der Waals surface area contributed by atoms with Crippen molar-refractivity contribution in [3.63, 3.8) is 0 Å². The zero-order valence-electron chi connectivity index (χ0n) is 11.6. The van der Waals surface area contributed by atoms with E-state index in [0.29, 0.717) is 23.4 Å². The lowest BCUT2D eigenvalue weighted by molar-refractivity contribution is 0.586. The number of benzene rings is 2. The SMILES string of the molecule is CCc1ccc(C(N)CCc2c(F)cccc2Cl)cc1. The van der Waals surface area contributed by atoms with Crippen LogP contribution in [0.2, 0.25) is 5.02 Å². The Morgan fingerprint density at radius 3 is 2.45 bits per heavy atom. The lowest BCUT2D eigenvalue weighted by Crippen LogP contribution is -2.12. The first-order valence-electron chi connectivity index (χ1n) is 6.89. The van der Waals surface area contributed by atoms with E-state index in [2.05, 4.69) is 19.1 Å². The highest BCUT2D eigenvalue weighted by Gasteiger charge is 2.11. The smallest absolute Gasteiger partial charge is 0.127 e. The average Bonchev–Trinajstić information content (AvgIpc) is 2.46. The summed E-state index contributed by atoms with van der Waals surface area (Å²) in [6, 6.07) is 12.9. The van der Waals surface area contributed by atoms with E-state index in [1.165, 1.54) is 11.6 Å². The minimum Gasteiger partial charge on any atom is -0.324 e. The molecular formula is C17H19ClFN. The van der Waals surface area contributed by atoms with Crippen molar-refractivity contribution in [3.05, 3.63) is 70.0 Å². The van der Waals surface area contributed by atoms with Crippen LogP contribution in [0.15, 0.2) is 42.5 Å². The molecule has 0 aliphatic heterocycles. The van der Waals surface area contributed by atoms with Gasteiger partial charge in [0.15, 0.2) is 0 Å². The first kappa shape index (κ1) is 15.0. The van der Waals surface area contributed by atoms with Crippen LogP contribution < -0.4 is 5.73 Å². The van der Waals surface area contributed by atoms with Gasteiger partial charge in [-0.1, -0.05) is 48.9 Å². The third-order valence-electron chi connectivity index (χ3n) is 3.58. The average molecular weight is 292 g/mol. The van der Waals surface area contributed by atoms with Crippen LogP contribution in [0.5, 0.6) is 0 Å². The van der Waals surface area contributed by atoms with E-state index >= 15 is 0 Å². The molecular weight excluding hydrogens is 273 g/mol. The summed E-state index contributed by atoms with van der Waals surface area (Å²) < 4.78 is 13.7. The van der Waals surface area contributed by atoms with Crippen LogP contribution >= 0.6 is 11.6 Å². The standard InChI is InChI=1S/C17H19ClFN/c1-2-12-6-8-13(9-7-12)17(20)11-10-14-15(18)4-3-5-16(14)19/h3-9,17H,2,10-11,20H2,1H3. The molecule has 20 heavy (non-hydrogen) atoms. The van der Waals surface area contributed by atoms with Gasteiger partial charge in [0.1, 0.15) is 5.82 Å². The maximum Gasteiger partial charge on any atom is 0.127 e. The van der Waals surface area contributed by atoms with Crippen molar-refractivity contribution in [2.75, 3.05) is 0 Å². The molecule has 2 aromatic rings. The van der Waals surface area contributed by atoms with Crippen LogP contribution in [0.4, 0.5) is 4.39 Å². The zero-order valence-corrected chi connectivity index (χ0v) is 12.3. The molecule has 1 nitrogen and oxygen atoms in total. The molecule has 0 bridgehead atoms. The molecule has 1 unspecified atom stereocenters. The number of halogens is 2. The Labute approximate surface area is 124 Å². The van der Waals surface area contributed by atoms with Crippen LogP contribution in [0.3, 0.4) is 0 Å². The number of nitrogens with two attached hydrogens (primary N) is 1. The minimum absolute atomic E-state index is 0.100. The van der Waals surface area contributed by atoms with Gasteiger partial charge in [0.25, 0.3) is 0 Å². The number of hydrogen-bond donors (Lipinski definition) is 1. The van der Waals surface area contributed by atoms with Crippen LogP contribution in [0.1, 0.15) is 36.1 Å². The highest BCUT2D eigenvalue weighted by atomic mass is 35.5. The van der Waals surface area contributed by atoms with Gasteiger partial charge in [-0.2, -0.15) is 0 Å². The first-order chi connectivity index (χ1) is 9.61. The van der Waals surface area contributed by atoms with E-state index in [1.807, 2.05) is 12.1 Å². The van der Waals surface area contributed by atoms with Gasteiger partial charge in [-0.3, -0.25) is 0 Å². The van der Waals surface area contributed by atoms with E-state index in [9.17, 15) is 4.39 Å². The summed E-state index contributed by atoms with van der Waals surface area (Å²) in [5, 5.41) is 0.471. The van der Waals surface area contributed by atoms with Gasteiger partial charge in [0.05, 0.1) is 0 Å². The van der Waals surface area contributed by atoms with E-state index in [4.69, 9.17) is 17.3 Å². The lowest BCUT2D eigenvalue weighted by atomic mass is 9.98.